The van der Waals surface area contributed by atoms with Crippen LogP contribution in [0.1, 0.15) is 0 Å². The van der Waals surface area contributed by atoms with E-state index in [0.717, 1.165) is 17.1 Å². The van der Waals surface area contributed by atoms with E-state index in [1.807, 2.05) is 0 Å². The fourth-order valence-electron chi connectivity index (χ4n) is 12.2. The second-order valence-electron chi connectivity index (χ2n) is 19.1. The molecule has 0 amide bonds. The van der Waals surface area contributed by atoms with Gasteiger partial charge in [-0.2, -0.15) is 0 Å². The minimum Gasteiger partial charge on any atom is -0.378 e. The Morgan fingerprint density at radius 1 is 0.338 bits per heavy atom. The van der Waals surface area contributed by atoms with E-state index < -0.39 is 0 Å². The molecule has 0 N–H and O–H groups in total. The van der Waals surface area contributed by atoms with E-state index in [1.54, 1.807) is 0 Å². The Bertz CT molecular complexity index is 3870. The molecule has 2 aliphatic heterocycles. The molecule has 0 unspecified atom stereocenters. The standard InChI is InChI=1S/C64H42BN3/c1-66(2)51-37-56-62-57(38-51)68(50-31-25-42(26-32-50)40-13-7-4-8-14-40)64-53-34-28-46-18-10-16-44-20-22-48(61(53)59(44)46)36-55(64)65(62)54-35-47-21-19-43-15-9-17-45-27-33-52(60(47)58(43)45)63(54)67(56)49-29-23-41(24-30-49)39-11-5-3-6-12-39/h3-38H,1-2H3. The van der Waals surface area contributed by atoms with Crippen molar-refractivity contribution < 1.29 is 0 Å². The molecule has 0 aromatic heterocycles. The maximum atomic E-state index is 2.60. The van der Waals surface area contributed by atoms with Gasteiger partial charge in [0.2, 0.25) is 0 Å². The molecule has 2 aliphatic rings. The maximum Gasteiger partial charge on any atom is 0.252 e. The Hall–Kier alpha value is -8.60. The highest BCUT2D eigenvalue weighted by Crippen LogP contribution is 2.52. The van der Waals surface area contributed by atoms with Gasteiger partial charge in [0.25, 0.3) is 6.71 Å². The predicted molar refractivity (Wildman–Crippen MR) is 293 cm³/mol. The van der Waals surface area contributed by atoms with Gasteiger partial charge in [-0.25, -0.2) is 0 Å². The van der Waals surface area contributed by atoms with E-state index in [2.05, 4.69) is 247 Å². The smallest absolute Gasteiger partial charge is 0.252 e. The highest BCUT2D eigenvalue weighted by Gasteiger charge is 2.45. The number of rotatable bonds is 5. The van der Waals surface area contributed by atoms with Crippen LogP contribution in [0, 0.1) is 0 Å². The lowest BCUT2D eigenvalue weighted by Crippen LogP contribution is -2.61. The molecule has 0 aliphatic carbocycles. The second kappa shape index (κ2) is 14.0. The quantitative estimate of drug-likeness (QED) is 0.126. The Morgan fingerprint density at radius 3 is 1.13 bits per heavy atom. The van der Waals surface area contributed by atoms with Crippen molar-refractivity contribution in [2.45, 2.75) is 0 Å². The molecule has 0 saturated heterocycles. The minimum absolute atomic E-state index is 0.0651. The van der Waals surface area contributed by atoms with E-state index in [4.69, 9.17) is 0 Å². The van der Waals surface area contributed by atoms with Crippen LogP contribution in [0.3, 0.4) is 0 Å². The van der Waals surface area contributed by atoms with Gasteiger partial charge in [-0.15, -0.1) is 0 Å². The zero-order valence-electron chi connectivity index (χ0n) is 37.7. The summed E-state index contributed by atoms with van der Waals surface area (Å²) in [5.41, 5.74) is 17.1. The van der Waals surface area contributed by atoms with Gasteiger partial charge in [-0.3, -0.25) is 0 Å². The molecule has 13 aromatic rings. The Kier molecular flexibility index (Phi) is 7.72. The van der Waals surface area contributed by atoms with Crippen LogP contribution in [-0.2, 0) is 0 Å². The third-order valence-corrected chi connectivity index (χ3v) is 15.2. The molecule has 15 rings (SSSR count). The number of benzene rings is 13. The second-order valence-corrected chi connectivity index (χ2v) is 19.1. The van der Waals surface area contributed by atoms with Crippen LogP contribution in [-0.4, -0.2) is 20.8 Å². The first-order valence-corrected chi connectivity index (χ1v) is 23.7. The number of hydrogen-bond acceptors (Lipinski definition) is 3. The zero-order valence-corrected chi connectivity index (χ0v) is 37.7. The molecule has 4 heteroatoms. The average Bonchev–Trinajstić information content (AvgIpc) is 3.39. The largest absolute Gasteiger partial charge is 0.378 e. The molecule has 0 atom stereocenters. The third-order valence-electron chi connectivity index (χ3n) is 15.2. The van der Waals surface area contributed by atoms with E-state index in [1.165, 1.54) is 126 Å². The van der Waals surface area contributed by atoms with Crippen molar-refractivity contribution in [2.24, 2.45) is 0 Å². The molecule has 68 heavy (non-hydrogen) atoms. The van der Waals surface area contributed by atoms with Crippen LogP contribution in [0.25, 0.3) is 86.9 Å². The van der Waals surface area contributed by atoms with Gasteiger partial charge < -0.3 is 14.7 Å². The molecular weight excluding hydrogens is 822 g/mol. The Morgan fingerprint density at radius 2 is 0.721 bits per heavy atom. The molecule has 0 fully saturated rings. The van der Waals surface area contributed by atoms with Crippen molar-refractivity contribution in [1.29, 1.82) is 0 Å². The van der Waals surface area contributed by atoms with E-state index in [0.29, 0.717) is 0 Å². The summed E-state index contributed by atoms with van der Waals surface area (Å²) in [6.07, 6.45) is 0. The molecule has 3 nitrogen and oxygen atoms in total. The number of fused-ring (bicyclic) bond motifs is 6. The highest BCUT2D eigenvalue weighted by molar-refractivity contribution is 7.01. The summed E-state index contributed by atoms with van der Waals surface area (Å²) in [7, 11) is 4.36. The number of nitrogens with zero attached hydrogens (tertiary/aromatic N) is 3. The van der Waals surface area contributed by atoms with Crippen LogP contribution >= 0.6 is 0 Å². The molecule has 0 bridgehead atoms. The molecule has 316 valence electrons. The van der Waals surface area contributed by atoms with Crippen LogP contribution in [0.5, 0.6) is 0 Å². The predicted octanol–water partition coefficient (Wildman–Crippen LogP) is 15.0. The van der Waals surface area contributed by atoms with Crippen molar-refractivity contribution >= 4 is 128 Å². The highest BCUT2D eigenvalue weighted by atomic mass is 15.2. The topological polar surface area (TPSA) is 9.72 Å². The first kappa shape index (κ1) is 37.6. The van der Waals surface area contributed by atoms with Gasteiger partial charge in [-0.05, 0) is 129 Å². The minimum atomic E-state index is -0.0651. The fraction of sp³-hybridized carbons (Fsp3) is 0.0312. The van der Waals surface area contributed by atoms with Gasteiger partial charge in [0.05, 0.1) is 0 Å². The van der Waals surface area contributed by atoms with E-state index in [-0.39, 0.29) is 6.71 Å². The Labute approximate surface area is 395 Å². The fourth-order valence-corrected chi connectivity index (χ4v) is 12.2. The molecule has 0 saturated carbocycles. The Balaban J connectivity index is 1.09. The first-order chi connectivity index (χ1) is 33.6. The van der Waals surface area contributed by atoms with Crippen molar-refractivity contribution in [3.8, 4) is 22.3 Å². The molecule has 2 heterocycles. The average molecular weight is 864 g/mol. The van der Waals surface area contributed by atoms with Crippen molar-refractivity contribution in [3.05, 3.63) is 218 Å². The summed E-state index contributed by atoms with van der Waals surface area (Å²) in [4.78, 5) is 7.48. The first-order valence-electron chi connectivity index (χ1n) is 23.7. The zero-order chi connectivity index (χ0) is 44.8. The lowest BCUT2D eigenvalue weighted by molar-refractivity contribution is 1.12. The summed E-state index contributed by atoms with van der Waals surface area (Å²) in [6.45, 7) is -0.0651. The van der Waals surface area contributed by atoms with Gasteiger partial charge in [0, 0.05) is 64.7 Å². The summed E-state index contributed by atoms with van der Waals surface area (Å²) < 4.78 is 0. The van der Waals surface area contributed by atoms with Crippen LogP contribution in [0.4, 0.5) is 39.8 Å². The van der Waals surface area contributed by atoms with E-state index >= 15 is 0 Å². The molecule has 0 radical (unpaired) electrons. The molecule has 13 aromatic carbocycles. The summed E-state index contributed by atoms with van der Waals surface area (Å²) in [6, 6.07) is 82.3. The SMILES string of the molecule is CN(C)c1cc2c3c(c1)N(c1ccc(-c4ccccc4)cc1)c1c(cc4ccc5cccc6ccc1c4c56)B3c1cc3ccc4cccc5ccc(c1N2c1ccc(-c2ccccc2)cc1)c3c45. The lowest BCUT2D eigenvalue weighted by atomic mass is 9.33. The maximum absolute atomic E-state index is 2.60. The molecular formula is C64H42BN3. The van der Waals surface area contributed by atoms with Crippen LogP contribution in [0.2, 0.25) is 0 Å². The monoisotopic (exact) mass is 863 g/mol. The summed E-state index contributed by atoms with van der Waals surface area (Å²) in [5, 5.41) is 15.5. The number of anilines is 7. The van der Waals surface area contributed by atoms with Crippen molar-refractivity contribution in [2.75, 3.05) is 28.8 Å². The van der Waals surface area contributed by atoms with Gasteiger partial charge in [0.15, 0.2) is 0 Å². The lowest BCUT2D eigenvalue weighted by Gasteiger charge is -2.45. The summed E-state index contributed by atoms with van der Waals surface area (Å²) in [5.74, 6) is 0. The summed E-state index contributed by atoms with van der Waals surface area (Å²) >= 11 is 0. The van der Waals surface area contributed by atoms with E-state index in [9.17, 15) is 0 Å². The third kappa shape index (κ3) is 5.20. The normalized spacial score (nSPS) is 13.1. The van der Waals surface area contributed by atoms with Gasteiger partial charge in [-0.1, -0.05) is 182 Å². The van der Waals surface area contributed by atoms with Crippen LogP contribution < -0.4 is 31.1 Å². The van der Waals surface area contributed by atoms with Gasteiger partial charge >= 0.3 is 0 Å². The van der Waals surface area contributed by atoms with Crippen molar-refractivity contribution in [1.82, 2.24) is 0 Å². The van der Waals surface area contributed by atoms with Gasteiger partial charge in [0.1, 0.15) is 0 Å². The van der Waals surface area contributed by atoms with Crippen LogP contribution in [0.15, 0.2) is 218 Å². The van der Waals surface area contributed by atoms with Crippen molar-refractivity contribution in [3.63, 3.8) is 0 Å². The number of hydrogen-bond donors (Lipinski definition) is 0. The molecule has 0 spiro atoms.